The monoisotopic (exact) mass is 501 g/mol. The molecule has 0 bridgehead atoms. The minimum absolute atomic E-state index is 0.240. The van der Waals surface area contributed by atoms with Crippen molar-refractivity contribution in [3.05, 3.63) is 81.5 Å². The van der Waals surface area contributed by atoms with E-state index in [9.17, 15) is 22.8 Å². The standard InChI is InChI=1S/C25H22F3N3O3S/c26-25(27,28)34-19-6-4-17(5-7-19)14-29-9-11-30(12-10-29)21-3-1-2-20-22(21)24(33)31(23(20)32)15-18-8-13-35-16-18/h1-8,13,16H,9-12,14-15H2. The normalized spacial score (nSPS) is 16.7. The van der Waals surface area contributed by atoms with Gasteiger partial charge in [0.05, 0.1) is 23.4 Å². The average Bonchev–Trinajstić information content (AvgIpc) is 3.43. The first-order valence-electron chi connectivity index (χ1n) is 11.1. The minimum Gasteiger partial charge on any atom is -0.406 e. The molecule has 6 nitrogen and oxygen atoms in total. The molecular weight excluding hydrogens is 479 g/mol. The van der Waals surface area contributed by atoms with E-state index in [2.05, 4.69) is 14.5 Å². The fourth-order valence-corrected chi connectivity index (χ4v) is 5.15. The SMILES string of the molecule is O=C1c2cccc(N3CCN(Cc4ccc(OC(F)(F)F)cc4)CC3)c2C(=O)N1Cc1ccsc1. The Kier molecular flexibility index (Phi) is 6.24. The quantitative estimate of drug-likeness (QED) is 0.456. The van der Waals surface area contributed by atoms with Gasteiger partial charge >= 0.3 is 6.36 Å². The van der Waals surface area contributed by atoms with Crippen molar-refractivity contribution in [2.45, 2.75) is 19.5 Å². The summed E-state index contributed by atoms with van der Waals surface area (Å²) in [5.41, 5.74) is 3.48. The van der Waals surface area contributed by atoms with Crippen LogP contribution in [0.1, 0.15) is 31.8 Å². The molecule has 182 valence electrons. The summed E-state index contributed by atoms with van der Waals surface area (Å²) in [4.78, 5) is 31.8. The second kappa shape index (κ2) is 9.35. The smallest absolute Gasteiger partial charge is 0.406 e. The van der Waals surface area contributed by atoms with Crippen LogP contribution < -0.4 is 9.64 Å². The predicted octanol–water partition coefficient (Wildman–Crippen LogP) is 4.77. The van der Waals surface area contributed by atoms with Crippen molar-refractivity contribution in [1.82, 2.24) is 9.80 Å². The molecule has 2 aliphatic heterocycles. The van der Waals surface area contributed by atoms with Crippen molar-refractivity contribution >= 4 is 28.8 Å². The zero-order valence-corrected chi connectivity index (χ0v) is 19.4. The number of nitrogens with zero attached hydrogens (tertiary/aromatic N) is 3. The number of halogens is 3. The average molecular weight is 502 g/mol. The maximum atomic E-state index is 13.2. The number of amides is 2. The lowest BCUT2D eigenvalue weighted by Crippen LogP contribution is -2.46. The van der Waals surface area contributed by atoms with E-state index in [4.69, 9.17) is 0 Å². The molecule has 10 heteroatoms. The van der Waals surface area contributed by atoms with E-state index in [0.717, 1.165) is 16.8 Å². The minimum atomic E-state index is -4.71. The molecule has 0 N–H and O–H groups in total. The fraction of sp³-hybridized carbons (Fsp3) is 0.280. The summed E-state index contributed by atoms with van der Waals surface area (Å²) < 4.78 is 41.0. The number of ether oxygens (including phenoxy) is 1. The van der Waals surface area contributed by atoms with Crippen LogP contribution in [0.4, 0.5) is 18.9 Å². The fourth-order valence-electron chi connectivity index (χ4n) is 4.49. The van der Waals surface area contributed by atoms with E-state index in [1.165, 1.54) is 28.4 Å². The Balaban J connectivity index is 1.23. The number of carbonyl (C=O) groups is 2. The number of alkyl halides is 3. The summed E-state index contributed by atoms with van der Waals surface area (Å²) in [6.45, 7) is 3.61. The van der Waals surface area contributed by atoms with Crippen LogP contribution >= 0.6 is 11.3 Å². The number of imide groups is 1. The van der Waals surface area contributed by atoms with Crippen LogP contribution in [-0.2, 0) is 13.1 Å². The maximum absolute atomic E-state index is 13.2. The van der Waals surface area contributed by atoms with Crippen LogP contribution in [0, 0.1) is 0 Å². The first-order chi connectivity index (χ1) is 16.8. The number of benzene rings is 2. The number of hydrogen-bond donors (Lipinski definition) is 0. The summed E-state index contributed by atoms with van der Waals surface area (Å²) in [5, 5.41) is 3.85. The van der Waals surface area contributed by atoms with E-state index >= 15 is 0 Å². The zero-order chi connectivity index (χ0) is 24.6. The van der Waals surface area contributed by atoms with Crippen molar-refractivity contribution in [2.75, 3.05) is 31.1 Å². The highest BCUT2D eigenvalue weighted by Gasteiger charge is 2.38. The third kappa shape index (κ3) is 5.03. The van der Waals surface area contributed by atoms with Crippen LogP contribution in [0.15, 0.2) is 59.3 Å². The molecule has 35 heavy (non-hydrogen) atoms. The van der Waals surface area contributed by atoms with Crippen LogP contribution in [0.25, 0.3) is 0 Å². The predicted molar refractivity (Wildman–Crippen MR) is 126 cm³/mol. The lowest BCUT2D eigenvalue weighted by Gasteiger charge is -2.36. The summed E-state index contributed by atoms with van der Waals surface area (Å²) >= 11 is 1.53. The second-order valence-corrected chi connectivity index (χ2v) is 9.26. The van der Waals surface area contributed by atoms with Crippen molar-refractivity contribution in [2.24, 2.45) is 0 Å². The summed E-state index contributed by atoms with van der Waals surface area (Å²) in [7, 11) is 0. The number of anilines is 1. The van der Waals surface area contributed by atoms with Crippen molar-refractivity contribution < 1.29 is 27.5 Å². The highest BCUT2D eigenvalue weighted by atomic mass is 32.1. The van der Waals surface area contributed by atoms with Gasteiger partial charge in [0.1, 0.15) is 5.75 Å². The number of piperazine rings is 1. The molecular formula is C25H22F3N3O3S. The van der Waals surface area contributed by atoms with Gasteiger partial charge in [0, 0.05) is 32.7 Å². The number of rotatable bonds is 6. The molecule has 2 aliphatic rings. The van der Waals surface area contributed by atoms with Crippen molar-refractivity contribution in [3.63, 3.8) is 0 Å². The molecule has 3 heterocycles. The molecule has 5 rings (SSSR count). The Morgan fingerprint density at radius 2 is 1.60 bits per heavy atom. The van der Waals surface area contributed by atoms with Gasteiger partial charge in [-0.3, -0.25) is 19.4 Å². The van der Waals surface area contributed by atoms with Gasteiger partial charge in [-0.25, -0.2) is 0 Å². The van der Waals surface area contributed by atoms with E-state index in [0.29, 0.717) is 43.9 Å². The van der Waals surface area contributed by atoms with Crippen molar-refractivity contribution in [1.29, 1.82) is 0 Å². The Labute approximate surface area is 204 Å². The van der Waals surface area contributed by atoms with Crippen molar-refractivity contribution in [3.8, 4) is 5.75 Å². The second-order valence-electron chi connectivity index (χ2n) is 8.48. The van der Waals surface area contributed by atoms with E-state index in [1.807, 2.05) is 29.0 Å². The Morgan fingerprint density at radius 1 is 0.857 bits per heavy atom. The highest BCUT2D eigenvalue weighted by molar-refractivity contribution is 7.07. The van der Waals surface area contributed by atoms with Gasteiger partial charge in [-0.05, 0) is 52.2 Å². The van der Waals surface area contributed by atoms with Gasteiger partial charge in [-0.1, -0.05) is 18.2 Å². The molecule has 1 aromatic heterocycles. The number of fused-ring (bicyclic) bond motifs is 1. The molecule has 2 aromatic carbocycles. The molecule has 0 radical (unpaired) electrons. The molecule has 3 aromatic rings. The van der Waals surface area contributed by atoms with Gasteiger partial charge in [0.2, 0.25) is 0 Å². The first kappa shape index (κ1) is 23.4. The van der Waals surface area contributed by atoms with Crippen LogP contribution in [-0.4, -0.2) is 54.2 Å². The molecule has 0 spiro atoms. The third-order valence-corrected chi connectivity index (χ3v) is 6.91. The van der Waals surface area contributed by atoms with Gasteiger partial charge in [0.15, 0.2) is 0 Å². The lowest BCUT2D eigenvalue weighted by molar-refractivity contribution is -0.274. The summed E-state index contributed by atoms with van der Waals surface area (Å²) in [5.74, 6) is -0.777. The third-order valence-electron chi connectivity index (χ3n) is 6.17. The Morgan fingerprint density at radius 3 is 2.26 bits per heavy atom. The number of thiophene rings is 1. The molecule has 1 fully saturated rings. The van der Waals surface area contributed by atoms with Crippen LogP contribution in [0.5, 0.6) is 5.75 Å². The largest absolute Gasteiger partial charge is 0.573 e. The summed E-state index contributed by atoms with van der Waals surface area (Å²) in [6, 6.07) is 13.2. The molecule has 2 amide bonds. The highest BCUT2D eigenvalue weighted by Crippen LogP contribution is 2.33. The van der Waals surface area contributed by atoms with E-state index in [-0.39, 0.29) is 24.1 Å². The summed E-state index contributed by atoms with van der Waals surface area (Å²) in [6.07, 6.45) is -4.71. The molecule has 1 saturated heterocycles. The zero-order valence-electron chi connectivity index (χ0n) is 18.6. The maximum Gasteiger partial charge on any atom is 0.573 e. The van der Waals surface area contributed by atoms with Gasteiger partial charge < -0.3 is 9.64 Å². The molecule has 0 unspecified atom stereocenters. The first-order valence-corrected chi connectivity index (χ1v) is 12.0. The number of hydrogen-bond acceptors (Lipinski definition) is 6. The topological polar surface area (TPSA) is 53.1 Å². The van der Waals surface area contributed by atoms with Gasteiger partial charge in [-0.2, -0.15) is 11.3 Å². The molecule has 0 aliphatic carbocycles. The van der Waals surface area contributed by atoms with Crippen LogP contribution in [0.2, 0.25) is 0 Å². The molecule has 0 saturated carbocycles. The molecule has 0 atom stereocenters. The van der Waals surface area contributed by atoms with Crippen LogP contribution in [0.3, 0.4) is 0 Å². The Bertz CT molecular complexity index is 1220. The Hall–Kier alpha value is -3.37. The van der Waals surface area contributed by atoms with Gasteiger partial charge in [-0.15, -0.1) is 13.2 Å². The van der Waals surface area contributed by atoms with E-state index in [1.54, 1.807) is 18.2 Å². The number of carbonyl (C=O) groups excluding carboxylic acids is 2. The van der Waals surface area contributed by atoms with E-state index < -0.39 is 6.36 Å². The van der Waals surface area contributed by atoms with Gasteiger partial charge in [0.25, 0.3) is 11.8 Å². The lowest BCUT2D eigenvalue weighted by atomic mass is 10.1.